The number of carbonyl (C=O) groups excluding carboxylic acids is 1. The fraction of sp³-hybridized carbons (Fsp3) is 0.375. The summed E-state index contributed by atoms with van der Waals surface area (Å²) in [4.78, 5) is 28.2. The molecule has 174 valence electrons. The third kappa shape index (κ3) is 3.95. The predicted octanol–water partition coefficient (Wildman–Crippen LogP) is 3.04. The zero-order chi connectivity index (χ0) is 23.8. The van der Waals surface area contributed by atoms with E-state index in [4.69, 9.17) is 0 Å². The van der Waals surface area contributed by atoms with Crippen LogP contribution in [0.2, 0.25) is 0 Å². The summed E-state index contributed by atoms with van der Waals surface area (Å²) in [7, 11) is -3.58. The molecule has 0 N–H and O–H groups in total. The number of hydrogen-bond acceptors (Lipinski definition) is 5. The van der Waals surface area contributed by atoms with E-state index in [2.05, 4.69) is 5.10 Å². The van der Waals surface area contributed by atoms with E-state index >= 15 is 0 Å². The molecule has 0 bridgehead atoms. The molecular weight excluding hydrogens is 440 g/mol. The second-order valence-corrected chi connectivity index (χ2v) is 9.95. The Kier molecular flexibility index (Phi) is 6.36. The topological polar surface area (TPSA) is 92.6 Å². The molecule has 8 nitrogen and oxygen atoms in total. The van der Waals surface area contributed by atoms with Gasteiger partial charge in [-0.2, -0.15) is 9.40 Å². The number of rotatable bonds is 7. The highest BCUT2D eigenvalue weighted by Crippen LogP contribution is 2.32. The van der Waals surface area contributed by atoms with Crippen LogP contribution in [0.25, 0.3) is 10.8 Å². The molecule has 0 atom stereocenters. The van der Waals surface area contributed by atoms with E-state index in [0.29, 0.717) is 49.1 Å². The first-order chi connectivity index (χ1) is 15.8. The van der Waals surface area contributed by atoms with Gasteiger partial charge >= 0.3 is 0 Å². The molecule has 4 rings (SSSR count). The van der Waals surface area contributed by atoms with Crippen LogP contribution in [-0.2, 0) is 23.0 Å². The highest BCUT2D eigenvalue weighted by atomic mass is 32.2. The summed E-state index contributed by atoms with van der Waals surface area (Å²) in [6.07, 6.45) is 1.27. The smallest absolute Gasteiger partial charge is 0.279 e. The molecule has 1 aromatic heterocycles. The molecule has 1 aliphatic rings. The molecule has 0 saturated carbocycles. The van der Waals surface area contributed by atoms with Crippen LogP contribution in [0.4, 0.5) is 5.69 Å². The Labute approximate surface area is 193 Å². The van der Waals surface area contributed by atoms with Gasteiger partial charge in [0.2, 0.25) is 10.0 Å². The normalized spacial score (nSPS) is 13.6. The number of aryl methyl sites for hydroxylation is 1. The van der Waals surface area contributed by atoms with Crippen molar-refractivity contribution >= 4 is 32.4 Å². The summed E-state index contributed by atoms with van der Waals surface area (Å²) in [5, 5.41) is 5.40. The lowest BCUT2D eigenvalue weighted by molar-refractivity contribution is 0.0984. The van der Waals surface area contributed by atoms with Gasteiger partial charge in [0.25, 0.3) is 11.5 Å². The monoisotopic (exact) mass is 468 g/mol. The van der Waals surface area contributed by atoms with Crippen LogP contribution in [0, 0.1) is 0 Å². The summed E-state index contributed by atoms with van der Waals surface area (Å²) >= 11 is 0. The molecule has 2 aromatic carbocycles. The highest BCUT2D eigenvalue weighted by Gasteiger charge is 2.31. The lowest BCUT2D eigenvalue weighted by atomic mass is 10.1. The van der Waals surface area contributed by atoms with Gasteiger partial charge in [-0.1, -0.05) is 39.0 Å². The number of nitrogens with zero attached hydrogens (tertiary/aromatic N) is 4. The number of hydrogen-bond donors (Lipinski definition) is 0. The van der Waals surface area contributed by atoms with E-state index < -0.39 is 10.0 Å². The van der Waals surface area contributed by atoms with Gasteiger partial charge in [-0.15, -0.1) is 0 Å². The van der Waals surface area contributed by atoms with Crippen LogP contribution in [-0.4, -0.2) is 48.0 Å². The SMILES string of the molecule is CCCn1nc(C(=O)N2CCc3cc(S(=O)(=O)N(CC)CC)ccc32)c2ccccc2c1=O. The van der Waals surface area contributed by atoms with Gasteiger partial charge in [0, 0.05) is 37.3 Å². The minimum atomic E-state index is -3.58. The van der Waals surface area contributed by atoms with Gasteiger partial charge in [0.1, 0.15) is 0 Å². The van der Waals surface area contributed by atoms with Crippen molar-refractivity contribution in [1.82, 2.24) is 14.1 Å². The molecule has 0 unspecified atom stereocenters. The Bertz CT molecular complexity index is 1380. The van der Waals surface area contributed by atoms with Crippen molar-refractivity contribution in [3.8, 4) is 0 Å². The van der Waals surface area contributed by atoms with Crippen molar-refractivity contribution in [3.05, 3.63) is 64.1 Å². The molecule has 0 radical (unpaired) electrons. The minimum Gasteiger partial charge on any atom is -0.306 e. The van der Waals surface area contributed by atoms with Gasteiger partial charge in [0.05, 0.1) is 10.3 Å². The van der Waals surface area contributed by atoms with Crippen molar-refractivity contribution in [2.45, 2.75) is 45.1 Å². The molecule has 9 heteroatoms. The standard InChI is InChI=1S/C24H28N4O4S/c1-4-14-28-23(29)20-10-8-7-9-19(20)22(25-28)24(30)27-15-13-17-16-18(11-12-21(17)27)33(31,32)26(5-2)6-3/h7-12,16H,4-6,13-15H2,1-3H3. The molecule has 0 saturated heterocycles. The molecular formula is C24H28N4O4S. The van der Waals surface area contributed by atoms with Crippen molar-refractivity contribution in [2.75, 3.05) is 24.5 Å². The fourth-order valence-corrected chi connectivity index (χ4v) is 5.86. The van der Waals surface area contributed by atoms with Gasteiger partial charge in [-0.05, 0) is 42.7 Å². The van der Waals surface area contributed by atoms with E-state index in [1.54, 1.807) is 47.4 Å². The Morgan fingerprint density at radius 1 is 1.06 bits per heavy atom. The van der Waals surface area contributed by atoms with Crippen molar-refractivity contribution in [3.63, 3.8) is 0 Å². The number of carbonyl (C=O) groups is 1. The van der Waals surface area contributed by atoms with Crippen molar-refractivity contribution in [1.29, 1.82) is 0 Å². The van der Waals surface area contributed by atoms with Crippen LogP contribution in [0.5, 0.6) is 0 Å². The first kappa shape index (κ1) is 23.1. The van der Waals surface area contributed by atoms with E-state index in [1.165, 1.54) is 8.99 Å². The molecule has 0 spiro atoms. The van der Waals surface area contributed by atoms with E-state index in [9.17, 15) is 18.0 Å². The number of aromatic nitrogens is 2. The van der Waals surface area contributed by atoms with E-state index in [-0.39, 0.29) is 22.1 Å². The Balaban J connectivity index is 1.76. The lowest BCUT2D eigenvalue weighted by Gasteiger charge is -2.20. The third-order valence-electron chi connectivity index (χ3n) is 6.04. The Hall–Kier alpha value is -3.04. The predicted molar refractivity (Wildman–Crippen MR) is 128 cm³/mol. The zero-order valence-corrected chi connectivity index (χ0v) is 19.9. The number of benzene rings is 2. The summed E-state index contributed by atoms with van der Waals surface area (Å²) in [6, 6.07) is 11.9. The highest BCUT2D eigenvalue weighted by molar-refractivity contribution is 7.89. The molecule has 1 amide bonds. The number of amides is 1. The zero-order valence-electron chi connectivity index (χ0n) is 19.1. The average molecular weight is 469 g/mol. The van der Waals surface area contributed by atoms with Crippen LogP contribution >= 0.6 is 0 Å². The van der Waals surface area contributed by atoms with Crippen LogP contribution in [0.1, 0.15) is 43.2 Å². The second kappa shape index (κ2) is 9.07. The van der Waals surface area contributed by atoms with E-state index in [1.807, 2.05) is 20.8 Å². The van der Waals surface area contributed by atoms with Gasteiger partial charge < -0.3 is 4.90 Å². The Morgan fingerprint density at radius 3 is 2.42 bits per heavy atom. The molecule has 0 aliphatic carbocycles. The summed E-state index contributed by atoms with van der Waals surface area (Å²) in [5.41, 5.74) is 1.50. The fourth-order valence-electron chi connectivity index (χ4n) is 4.35. The van der Waals surface area contributed by atoms with Gasteiger partial charge in [0.15, 0.2) is 5.69 Å². The van der Waals surface area contributed by atoms with Crippen molar-refractivity contribution in [2.24, 2.45) is 0 Å². The summed E-state index contributed by atoms with van der Waals surface area (Å²) in [5.74, 6) is -0.297. The molecule has 1 aliphatic heterocycles. The maximum absolute atomic E-state index is 13.6. The third-order valence-corrected chi connectivity index (χ3v) is 8.09. The number of fused-ring (bicyclic) bond motifs is 2. The average Bonchev–Trinajstić information content (AvgIpc) is 3.24. The van der Waals surface area contributed by atoms with E-state index in [0.717, 1.165) is 12.0 Å². The first-order valence-corrected chi connectivity index (χ1v) is 12.7. The number of anilines is 1. The van der Waals surface area contributed by atoms with Gasteiger partial charge in [-0.3, -0.25) is 9.59 Å². The minimum absolute atomic E-state index is 0.211. The van der Waals surface area contributed by atoms with Gasteiger partial charge in [-0.25, -0.2) is 13.1 Å². The van der Waals surface area contributed by atoms with Crippen molar-refractivity contribution < 1.29 is 13.2 Å². The van der Waals surface area contributed by atoms with Crippen LogP contribution in [0.15, 0.2) is 52.2 Å². The van der Waals surface area contributed by atoms with Crippen LogP contribution < -0.4 is 10.5 Å². The molecule has 2 heterocycles. The quantitative estimate of drug-likeness (QED) is 0.531. The molecule has 3 aromatic rings. The maximum Gasteiger partial charge on any atom is 0.279 e. The van der Waals surface area contributed by atoms with Crippen LogP contribution in [0.3, 0.4) is 0 Å². The summed E-state index contributed by atoms with van der Waals surface area (Å²) < 4.78 is 28.6. The summed E-state index contributed by atoms with van der Waals surface area (Å²) in [6.45, 7) is 7.21. The second-order valence-electron chi connectivity index (χ2n) is 8.01. The first-order valence-electron chi connectivity index (χ1n) is 11.3. The largest absolute Gasteiger partial charge is 0.306 e. The maximum atomic E-state index is 13.6. The molecule has 0 fully saturated rings. The molecule has 33 heavy (non-hydrogen) atoms. The Morgan fingerprint density at radius 2 is 1.76 bits per heavy atom. The lowest BCUT2D eigenvalue weighted by Crippen LogP contribution is -2.33. The number of sulfonamides is 1.